The van der Waals surface area contributed by atoms with Crippen molar-refractivity contribution in [2.24, 2.45) is 0 Å². The zero-order valence-corrected chi connectivity index (χ0v) is 16.5. The molecular weight excluding hydrogens is 362 g/mol. The van der Waals surface area contributed by atoms with Gasteiger partial charge in [0.1, 0.15) is 0 Å². The first kappa shape index (κ1) is 20.5. The number of rotatable bonds is 7. The smallest absolute Gasteiger partial charge is 0.232 e. The minimum Gasteiger partial charge on any atom is -0.313 e. The van der Waals surface area contributed by atoms with Gasteiger partial charge in [0.15, 0.2) is 0 Å². The topological polar surface area (TPSA) is 81.5 Å². The van der Waals surface area contributed by atoms with Gasteiger partial charge in [-0.15, -0.1) is 0 Å². The van der Waals surface area contributed by atoms with Crippen LogP contribution < -0.4 is 9.21 Å². The number of sulfonamides is 1. The van der Waals surface area contributed by atoms with Gasteiger partial charge in [-0.05, 0) is 49.7 Å². The summed E-state index contributed by atoms with van der Waals surface area (Å²) in [6.07, 6.45) is 1.13. The van der Waals surface area contributed by atoms with Crippen molar-refractivity contribution in [1.82, 2.24) is 0 Å². The number of nitrogens with zero attached hydrogens (tertiary/aromatic N) is 3. The monoisotopic (exact) mass is 385 g/mol. The van der Waals surface area contributed by atoms with Gasteiger partial charge in [-0.25, -0.2) is 8.42 Å². The fourth-order valence-electron chi connectivity index (χ4n) is 2.85. The molecule has 0 atom stereocenters. The third-order valence-corrected chi connectivity index (χ3v) is 5.32. The van der Waals surface area contributed by atoms with Crippen LogP contribution in [0.2, 0.25) is 0 Å². The number of amides is 1. The fourth-order valence-corrected chi connectivity index (χ4v) is 3.77. The molecule has 27 heavy (non-hydrogen) atoms. The molecule has 0 fully saturated rings. The highest BCUT2D eigenvalue weighted by Crippen LogP contribution is 2.21. The summed E-state index contributed by atoms with van der Waals surface area (Å²) in [5, 5.41) is 9.04. The second-order valence-electron chi connectivity index (χ2n) is 6.22. The molecule has 0 saturated carbocycles. The summed E-state index contributed by atoms with van der Waals surface area (Å²) in [5.74, 6) is -0.159. The summed E-state index contributed by atoms with van der Waals surface area (Å²) in [5.41, 5.74) is 2.58. The molecule has 2 aromatic rings. The maximum absolute atomic E-state index is 12.7. The van der Waals surface area contributed by atoms with Crippen molar-refractivity contribution in [2.75, 3.05) is 28.6 Å². The van der Waals surface area contributed by atoms with Crippen molar-refractivity contribution in [3.05, 3.63) is 59.7 Å². The third-order valence-electron chi connectivity index (χ3n) is 4.12. The molecule has 0 N–H and O–H groups in total. The molecule has 0 unspecified atom stereocenters. The summed E-state index contributed by atoms with van der Waals surface area (Å²) >= 11 is 0. The quantitative estimate of drug-likeness (QED) is 0.733. The Balaban J connectivity index is 2.21. The van der Waals surface area contributed by atoms with Crippen LogP contribution in [-0.4, -0.2) is 33.7 Å². The van der Waals surface area contributed by atoms with E-state index < -0.39 is 10.0 Å². The number of hydrogen-bond acceptors (Lipinski definition) is 4. The molecule has 0 heterocycles. The van der Waals surface area contributed by atoms with Gasteiger partial charge in [0.25, 0.3) is 0 Å². The lowest BCUT2D eigenvalue weighted by Crippen LogP contribution is -2.37. The van der Waals surface area contributed by atoms with E-state index in [1.807, 2.05) is 44.2 Å². The van der Waals surface area contributed by atoms with E-state index in [4.69, 9.17) is 5.26 Å². The molecule has 2 rings (SSSR count). The molecule has 0 aliphatic heterocycles. The van der Waals surface area contributed by atoms with Crippen LogP contribution in [0.3, 0.4) is 0 Å². The van der Waals surface area contributed by atoms with Crippen LogP contribution in [0.5, 0.6) is 0 Å². The van der Waals surface area contributed by atoms with E-state index in [-0.39, 0.29) is 18.9 Å². The highest BCUT2D eigenvalue weighted by Gasteiger charge is 2.21. The highest BCUT2D eigenvalue weighted by atomic mass is 32.2. The molecule has 0 radical (unpaired) electrons. The van der Waals surface area contributed by atoms with Crippen molar-refractivity contribution in [3.8, 4) is 6.07 Å². The van der Waals surface area contributed by atoms with Gasteiger partial charge in [0.05, 0.1) is 23.6 Å². The Bertz CT molecular complexity index is 964. The predicted octanol–water partition coefficient (Wildman–Crippen LogP) is 3.08. The van der Waals surface area contributed by atoms with E-state index >= 15 is 0 Å². The lowest BCUT2D eigenvalue weighted by atomic mass is 10.2. The fraction of sp³-hybridized carbons (Fsp3) is 0.300. The number of carbonyl (C=O) groups is 1. The zero-order valence-electron chi connectivity index (χ0n) is 15.7. The van der Waals surface area contributed by atoms with Crippen molar-refractivity contribution in [1.29, 1.82) is 5.26 Å². The van der Waals surface area contributed by atoms with Gasteiger partial charge in [0, 0.05) is 25.2 Å². The molecule has 7 heteroatoms. The Morgan fingerprint density at radius 1 is 1.11 bits per heavy atom. The maximum Gasteiger partial charge on any atom is 0.232 e. The first-order valence-corrected chi connectivity index (χ1v) is 10.5. The normalized spacial score (nSPS) is 10.9. The van der Waals surface area contributed by atoms with Crippen LogP contribution in [0.15, 0.2) is 48.5 Å². The first-order chi connectivity index (χ1) is 12.8. The average molecular weight is 385 g/mol. The van der Waals surface area contributed by atoms with Gasteiger partial charge in [-0.3, -0.25) is 9.10 Å². The van der Waals surface area contributed by atoms with Gasteiger partial charge in [0.2, 0.25) is 15.9 Å². The number of benzene rings is 2. The molecular formula is C20H23N3O3S. The Morgan fingerprint density at radius 2 is 1.78 bits per heavy atom. The van der Waals surface area contributed by atoms with Gasteiger partial charge in [-0.2, -0.15) is 5.26 Å². The van der Waals surface area contributed by atoms with E-state index in [0.717, 1.165) is 21.8 Å². The minimum atomic E-state index is -3.59. The van der Waals surface area contributed by atoms with Crippen molar-refractivity contribution >= 4 is 27.3 Å². The lowest BCUT2D eigenvalue weighted by molar-refractivity contribution is -0.118. The summed E-state index contributed by atoms with van der Waals surface area (Å²) < 4.78 is 25.6. The molecule has 142 valence electrons. The molecule has 0 saturated heterocycles. The van der Waals surface area contributed by atoms with Crippen LogP contribution in [0.25, 0.3) is 0 Å². The average Bonchev–Trinajstić information content (AvgIpc) is 2.61. The molecule has 0 bridgehead atoms. The zero-order chi connectivity index (χ0) is 20.0. The van der Waals surface area contributed by atoms with Crippen molar-refractivity contribution < 1.29 is 13.2 Å². The predicted molar refractivity (Wildman–Crippen MR) is 107 cm³/mol. The third kappa shape index (κ3) is 5.31. The van der Waals surface area contributed by atoms with Crippen molar-refractivity contribution in [3.63, 3.8) is 0 Å². The van der Waals surface area contributed by atoms with Gasteiger partial charge < -0.3 is 4.90 Å². The SMILES string of the molecule is CCN(C(=O)CCN(c1cccc(C#N)c1)S(C)(=O)=O)c1cccc(C)c1. The van der Waals surface area contributed by atoms with Crippen LogP contribution in [0.4, 0.5) is 11.4 Å². The lowest BCUT2D eigenvalue weighted by Gasteiger charge is -2.25. The summed E-state index contributed by atoms with van der Waals surface area (Å²) in [6, 6.07) is 16.0. The molecule has 1 amide bonds. The molecule has 0 aromatic heterocycles. The van der Waals surface area contributed by atoms with Crippen LogP contribution in [-0.2, 0) is 14.8 Å². The highest BCUT2D eigenvalue weighted by molar-refractivity contribution is 7.92. The summed E-state index contributed by atoms with van der Waals surface area (Å²) in [4.78, 5) is 14.4. The van der Waals surface area contributed by atoms with Crippen LogP contribution >= 0.6 is 0 Å². The standard InChI is InChI=1S/C20H23N3O3S/c1-4-22(18-9-5-7-16(2)13-18)20(24)11-12-23(27(3,25)26)19-10-6-8-17(14-19)15-21/h5-10,13-14H,4,11-12H2,1-3H3. The van der Waals surface area contributed by atoms with Crippen molar-refractivity contribution in [2.45, 2.75) is 20.3 Å². The Labute approximate surface area is 160 Å². The van der Waals surface area contributed by atoms with Gasteiger partial charge >= 0.3 is 0 Å². The summed E-state index contributed by atoms with van der Waals surface area (Å²) in [6.45, 7) is 4.33. The second kappa shape index (κ2) is 8.69. The Morgan fingerprint density at radius 3 is 2.37 bits per heavy atom. The number of nitriles is 1. The maximum atomic E-state index is 12.7. The number of carbonyl (C=O) groups excluding carboxylic acids is 1. The molecule has 0 aliphatic rings. The largest absolute Gasteiger partial charge is 0.313 e. The minimum absolute atomic E-state index is 0.00879. The van der Waals surface area contributed by atoms with E-state index in [2.05, 4.69) is 0 Å². The molecule has 6 nitrogen and oxygen atoms in total. The number of aryl methyl sites for hydroxylation is 1. The molecule has 0 aliphatic carbocycles. The number of anilines is 2. The molecule has 2 aromatic carbocycles. The van der Waals surface area contributed by atoms with E-state index in [1.165, 1.54) is 6.07 Å². The first-order valence-electron chi connectivity index (χ1n) is 8.61. The second-order valence-corrected chi connectivity index (χ2v) is 8.13. The molecule has 0 spiro atoms. The van der Waals surface area contributed by atoms with Crippen LogP contribution in [0, 0.1) is 18.3 Å². The van der Waals surface area contributed by atoms with E-state index in [9.17, 15) is 13.2 Å². The Kier molecular flexibility index (Phi) is 6.59. The van der Waals surface area contributed by atoms with Crippen LogP contribution in [0.1, 0.15) is 24.5 Å². The van der Waals surface area contributed by atoms with Gasteiger partial charge in [-0.1, -0.05) is 18.2 Å². The Hall–Kier alpha value is -2.85. The summed E-state index contributed by atoms with van der Waals surface area (Å²) in [7, 11) is -3.59. The number of hydrogen-bond donors (Lipinski definition) is 0. The van der Waals surface area contributed by atoms with E-state index in [0.29, 0.717) is 17.8 Å². The van der Waals surface area contributed by atoms with E-state index in [1.54, 1.807) is 23.1 Å².